The normalized spacial score (nSPS) is 26.1. The van der Waals surface area contributed by atoms with Gasteiger partial charge in [0.15, 0.2) is 0 Å². The summed E-state index contributed by atoms with van der Waals surface area (Å²) in [7, 11) is 0. The molecule has 1 fully saturated rings. The molecule has 0 spiro atoms. The maximum absolute atomic E-state index is 8.92. The monoisotopic (exact) mass is 333 g/mol. The molecule has 0 saturated heterocycles. The average Bonchev–Trinajstić information content (AvgIpc) is 2.69. The fourth-order valence-electron chi connectivity index (χ4n) is 4.53. The number of nitriles is 1. The molecule has 2 aliphatic carbocycles. The minimum absolute atomic E-state index is 0.734. The van der Waals surface area contributed by atoms with Crippen LogP contribution < -0.4 is 0 Å². The summed E-state index contributed by atoms with van der Waals surface area (Å²) in [5.41, 5.74) is 3.28. The lowest BCUT2D eigenvalue weighted by molar-refractivity contribution is 0.219. The Labute approximate surface area is 153 Å². The first-order valence-corrected chi connectivity index (χ1v) is 10.2. The molecule has 25 heavy (non-hydrogen) atoms. The smallest absolute Gasteiger partial charge is 0.0991 e. The van der Waals surface area contributed by atoms with Crippen LogP contribution >= 0.6 is 0 Å². The summed E-state index contributed by atoms with van der Waals surface area (Å²) in [5.74, 6) is 2.62. The van der Waals surface area contributed by atoms with Crippen molar-refractivity contribution in [1.29, 1.82) is 5.26 Å². The van der Waals surface area contributed by atoms with Gasteiger partial charge in [0.1, 0.15) is 0 Å². The summed E-state index contributed by atoms with van der Waals surface area (Å²) in [4.78, 5) is 0. The SMILES string of the molecule is CCCCCC1CCC(C2C=CC(c3ccc(C#N)cc3)=CC2)CC1. The molecular formula is C24H31N. The molecule has 1 aromatic rings. The van der Waals surface area contributed by atoms with E-state index in [2.05, 4.69) is 43.4 Å². The quantitative estimate of drug-likeness (QED) is 0.519. The fourth-order valence-corrected chi connectivity index (χ4v) is 4.53. The van der Waals surface area contributed by atoms with Crippen molar-refractivity contribution in [2.24, 2.45) is 17.8 Å². The van der Waals surface area contributed by atoms with E-state index in [1.54, 1.807) is 0 Å². The summed E-state index contributed by atoms with van der Waals surface area (Å²) in [6, 6.07) is 10.1. The van der Waals surface area contributed by atoms with Gasteiger partial charge in [0.25, 0.3) is 0 Å². The van der Waals surface area contributed by atoms with Crippen molar-refractivity contribution in [2.45, 2.75) is 64.7 Å². The van der Waals surface area contributed by atoms with Crippen LogP contribution in [0.25, 0.3) is 5.57 Å². The molecule has 0 amide bonds. The number of unbranched alkanes of at least 4 members (excludes halogenated alkanes) is 2. The van der Waals surface area contributed by atoms with Gasteiger partial charge in [-0.25, -0.2) is 0 Å². The van der Waals surface area contributed by atoms with E-state index in [-0.39, 0.29) is 0 Å². The van der Waals surface area contributed by atoms with Crippen LogP contribution in [-0.2, 0) is 0 Å². The molecule has 1 saturated carbocycles. The van der Waals surface area contributed by atoms with Crippen LogP contribution in [0.1, 0.15) is 75.8 Å². The van der Waals surface area contributed by atoms with Crippen molar-refractivity contribution in [1.82, 2.24) is 0 Å². The van der Waals surface area contributed by atoms with Crippen LogP contribution in [0.5, 0.6) is 0 Å². The van der Waals surface area contributed by atoms with Gasteiger partial charge in [-0.05, 0) is 60.3 Å². The van der Waals surface area contributed by atoms with Crippen LogP contribution in [0.3, 0.4) is 0 Å². The van der Waals surface area contributed by atoms with E-state index >= 15 is 0 Å². The van der Waals surface area contributed by atoms with Crippen molar-refractivity contribution >= 4 is 5.57 Å². The Balaban J connectivity index is 1.48. The Bertz CT molecular complexity index is 636. The second-order valence-corrected chi connectivity index (χ2v) is 7.88. The molecule has 0 N–H and O–H groups in total. The highest BCUT2D eigenvalue weighted by Crippen LogP contribution is 2.39. The van der Waals surface area contributed by atoms with Crippen LogP contribution in [0.2, 0.25) is 0 Å². The molecule has 1 aromatic carbocycles. The van der Waals surface area contributed by atoms with Gasteiger partial charge in [0, 0.05) is 0 Å². The van der Waals surface area contributed by atoms with E-state index in [0.29, 0.717) is 0 Å². The van der Waals surface area contributed by atoms with Crippen molar-refractivity contribution in [2.75, 3.05) is 0 Å². The molecule has 1 nitrogen and oxygen atoms in total. The minimum atomic E-state index is 0.734. The third-order valence-corrected chi connectivity index (χ3v) is 6.19. The molecule has 0 aliphatic heterocycles. The Kier molecular flexibility index (Phi) is 6.51. The first-order chi connectivity index (χ1) is 12.3. The van der Waals surface area contributed by atoms with Crippen molar-refractivity contribution < 1.29 is 0 Å². The second kappa shape index (κ2) is 9.04. The maximum atomic E-state index is 8.92. The zero-order chi connectivity index (χ0) is 17.5. The molecule has 1 atom stereocenters. The van der Waals surface area contributed by atoms with Gasteiger partial charge in [-0.15, -0.1) is 0 Å². The largest absolute Gasteiger partial charge is 0.192 e. The second-order valence-electron chi connectivity index (χ2n) is 7.88. The molecular weight excluding hydrogens is 302 g/mol. The van der Waals surface area contributed by atoms with E-state index in [0.717, 1.165) is 23.3 Å². The van der Waals surface area contributed by atoms with Crippen molar-refractivity contribution in [3.8, 4) is 6.07 Å². The summed E-state index contributed by atoms with van der Waals surface area (Å²) in [5, 5.41) is 8.92. The number of rotatable bonds is 6. The highest BCUT2D eigenvalue weighted by atomic mass is 14.3. The molecule has 0 aromatic heterocycles. The molecule has 2 aliphatic rings. The summed E-state index contributed by atoms with van der Waals surface area (Å²) >= 11 is 0. The third kappa shape index (κ3) is 4.85. The molecule has 1 unspecified atom stereocenters. The molecule has 132 valence electrons. The van der Waals surface area contributed by atoms with Crippen LogP contribution in [0, 0.1) is 29.1 Å². The zero-order valence-electron chi connectivity index (χ0n) is 15.6. The van der Waals surface area contributed by atoms with E-state index in [1.807, 2.05) is 12.1 Å². The first-order valence-electron chi connectivity index (χ1n) is 10.2. The van der Waals surface area contributed by atoms with Crippen molar-refractivity contribution in [3.63, 3.8) is 0 Å². The summed E-state index contributed by atoms with van der Waals surface area (Å²) in [6.45, 7) is 2.30. The number of hydrogen-bond acceptors (Lipinski definition) is 1. The summed E-state index contributed by atoms with van der Waals surface area (Å²) < 4.78 is 0. The van der Waals surface area contributed by atoms with E-state index < -0.39 is 0 Å². The molecule has 3 rings (SSSR count). The van der Waals surface area contributed by atoms with Gasteiger partial charge >= 0.3 is 0 Å². The lowest BCUT2D eigenvalue weighted by Gasteiger charge is -2.33. The van der Waals surface area contributed by atoms with Crippen LogP contribution in [0.15, 0.2) is 42.5 Å². The van der Waals surface area contributed by atoms with E-state index in [4.69, 9.17) is 5.26 Å². The van der Waals surface area contributed by atoms with Crippen molar-refractivity contribution in [3.05, 3.63) is 53.6 Å². The van der Waals surface area contributed by atoms with Crippen LogP contribution in [0.4, 0.5) is 0 Å². The van der Waals surface area contributed by atoms with Gasteiger partial charge in [0.05, 0.1) is 11.6 Å². The Morgan fingerprint density at radius 3 is 2.40 bits per heavy atom. The number of nitrogens with zero attached hydrogens (tertiary/aromatic N) is 1. The van der Waals surface area contributed by atoms with Gasteiger partial charge in [-0.3, -0.25) is 0 Å². The van der Waals surface area contributed by atoms with Gasteiger partial charge in [-0.2, -0.15) is 5.26 Å². The molecule has 1 heteroatoms. The van der Waals surface area contributed by atoms with Gasteiger partial charge in [-0.1, -0.05) is 75.8 Å². The lowest BCUT2D eigenvalue weighted by Crippen LogP contribution is -2.21. The van der Waals surface area contributed by atoms with E-state index in [9.17, 15) is 0 Å². The third-order valence-electron chi connectivity index (χ3n) is 6.19. The zero-order valence-corrected chi connectivity index (χ0v) is 15.6. The average molecular weight is 334 g/mol. The van der Waals surface area contributed by atoms with Gasteiger partial charge in [0.2, 0.25) is 0 Å². The minimum Gasteiger partial charge on any atom is -0.192 e. The lowest BCUT2D eigenvalue weighted by atomic mass is 9.72. The topological polar surface area (TPSA) is 23.8 Å². The predicted octanol–water partition coefficient (Wildman–Crippen LogP) is 6.90. The fraction of sp³-hybridized carbons (Fsp3) is 0.542. The maximum Gasteiger partial charge on any atom is 0.0991 e. The first kappa shape index (κ1) is 18.0. The standard InChI is InChI=1S/C24H31N/c1-2-3-4-5-19-6-10-21(11-7-19)23-14-16-24(17-15-23)22-12-8-20(18-25)9-13-22/h8-9,12-14,16-17,19,21,23H,2-7,10-11,15H2,1H3. The Hall–Kier alpha value is -1.81. The highest BCUT2D eigenvalue weighted by molar-refractivity contribution is 5.75. The number of hydrogen-bond donors (Lipinski definition) is 0. The number of benzene rings is 1. The Morgan fingerprint density at radius 1 is 1.04 bits per heavy atom. The predicted molar refractivity (Wildman–Crippen MR) is 106 cm³/mol. The van der Waals surface area contributed by atoms with Crippen LogP contribution in [-0.4, -0.2) is 0 Å². The summed E-state index contributed by atoms with van der Waals surface area (Å²) in [6.07, 6.45) is 19.7. The Morgan fingerprint density at radius 2 is 1.80 bits per heavy atom. The molecule has 0 radical (unpaired) electrons. The van der Waals surface area contributed by atoms with E-state index in [1.165, 1.54) is 68.9 Å². The molecule has 0 bridgehead atoms. The highest BCUT2D eigenvalue weighted by Gasteiger charge is 2.26. The molecule has 0 heterocycles. The van der Waals surface area contributed by atoms with Gasteiger partial charge < -0.3 is 0 Å². The number of allylic oxidation sites excluding steroid dienone is 4.